The summed E-state index contributed by atoms with van der Waals surface area (Å²) in [6.07, 6.45) is 1.36. The molecule has 0 bridgehead atoms. The first-order valence-electron chi connectivity index (χ1n) is 5.66. The van der Waals surface area contributed by atoms with Crippen molar-refractivity contribution in [2.75, 3.05) is 6.61 Å². The Labute approximate surface area is 99.0 Å². The molecule has 0 aliphatic carbocycles. The van der Waals surface area contributed by atoms with E-state index in [0.717, 1.165) is 5.57 Å². The third-order valence-electron chi connectivity index (χ3n) is 3.51. The molecule has 1 aliphatic rings. The molecule has 1 rings (SSSR count). The molecule has 0 saturated heterocycles. The first kappa shape index (κ1) is 13.5. The molecule has 0 N–H and O–H groups in total. The normalized spacial score (nSPS) is 22.0. The fourth-order valence-corrected chi connectivity index (χ4v) is 2.21. The third kappa shape index (κ3) is 2.95. The van der Waals surface area contributed by atoms with Crippen molar-refractivity contribution in [1.29, 1.82) is 0 Å². The molecule has 1 unspecified atom stereocenters. The van der Waals surface area contributed by atoms with Gasteiger partial charge in [-0.2, -0.15) is 0 Å². The second-order valence-electron chi connectivity index (χ2n) is 5.89. The van der Waals surface area contributed by atoms with Gasteiger partial charge in [-0.05, 0) is 30.6 Å². The fourth-order valence-electron chi connectivity index (χ4n) is 1.21. The molecule has 0 aromatic heterocycles. The van der Waals surface area contributed by atoms with Gasteiger partial charge < -0.3 is 9.16 Å². The Balaban J connectivity index is 2.53. The van der Waals surface area contributed by atoms with E-state index < -0.39 is 8.32 Å². The van der Waals surface area contributed by atoms with Crippen LogP contribution in [0.5, 0.6) is 0 Å². The summed E-state index contributed by atoms with van der Waals surface area (Å²) in [6.45, 7) is 13.4. The van der Waals surface area contributed by atoms with Crippen LogP contribution >= 0.6 is 0 Å². The lowest BCUT2D eigenvalue weighted by Crippen LogP contribution is -2.42. The molecule has 1 aliphatic heterocycles. The average molecular weight is 242 g/mol. The smallest absolute Gasteiger partial charge is 0.331 e. The molecule has 4 heteroatoms. The number of hydrogen-bond donors (Lipinski definition) is 0. The van der Waals surface area contributed by atoms with E-state index >= 15 is 0 Å². The van der Waals surface area contributed by atoms with E-state index in [4.69, 9.17) is 9.16 Å². The fraction of sp³-hybridized carbons (Fsp3) is 0.750. The van der Waals surface area contributed by atoms with Crippen molar-refractivity contribution in [3.8, 4) is 0 Å². The highest BCUT2D eigenvalue weighted by atomic mass is 28.4. The summed E-state index contributed by atoms with van der Waals surface area (Å²) >= 11 is 0. The molecule has 0 spiro atoms. The Morgan fingerprint density at radius 3 is 2.38 bits per heavy atom. The molecule has 0 radical (unpaired) electrons. The molecule has 0 saturated carbocycles. The zero-order chi connectivity index (χ0) is 12.6. The van der Waals surface area contributed by atoms with Gasteiger partial charge in [0, 0.05) is 6.08 Å². The van der Waals surface area contributed by atoms with Crippen LogP contribution in [-0.2, 0) is 14.0 Å². The van der Waals surface area contributed by atoms with Crippen molar-refractivity contribution in [1.82, 2.24) is 0 Å². The quantitative estimate of drug-likeness (QED) is 0.564. The molecule has 3 nitrogen and oxygen atoms in total. The van der Waals surface area contributed by atoms with Crippen LogP contribution in [0.3, 0.4) is 0 Å². The molecule has 92 valence electrons. The van der Waals surface area contributed by atoms with Gasteiger partial charge in [0.1, 0.15) is 6.10 Å². The van der Waals surface area contributed by atoms with Crippen LogP contribution in [0.2, 0.25) is 18.1 Å². The highest BCUT2D eigenvalue weighted by Gasteiger charge is 2.38. The lowest BCUT2D eigenvalue weighted by molar-refractivity contribution is -0.139. The largest absolute Gasteiger partial charge is 0.452 e. The number of cyclic esters (lactones) is 1. The monoisotopic (exact) mass is 242 g/mol. The minimum atomic E-state index is -1.74. The van der Waals surface area contributed by atoms with E-state index in [1.807, 2.05) is 6.92 Å². The maximum Gasteiger partial charge on any atom is 0.331 e. The van der Waals surface area contributed by atoms with Gasteiger partial charge in [-0.15, -0.1) is 0 Å². The predicted molar refractivity (Wildman–Crippen MR) is 66.8 cm³/mol. The molecule has 16 heavy (non-hydrogen) atoms. The van der Waals surface area contributed by atoms with Crippen molar-refractivity contribution in [2.45, 2.75) is 51.9 Å². The number of hydrogen-bond acceptors (Lipinski definition) is 3. The van der Waals surface area contributed by atoms with Crippen LogP contribution in [0.4, 0.5) is 0 Å². The summed E-state index contributed by atoms with van der Waals surface area (Å²) in [5, 5.41) is 0.188. The van der Waals surface area contributed by atoms with Crippen LogP contribution < -0.4 is 0 Å². The maximum atomic E-state index is 11.0. The van der Waals surface area contributed by atoms with Gasteiger partial charge in [-0.3, -0.25) is 0 Å². The maximum absolute atomic E-state index is 11.0. The molecule has 0 aromatic carbocycles. The van der Waals surface area contributed by atoms with E-state index in [1.165, 1.54) is 0 Å². The summed E-state index contributed by atoms with van der Waals surface area (Å²) in [4.78, 5) is 11.0. The minimum absolute atomic E-state index is 0.179. The first-order valence-corrected chi connectivity index (χ1v) is 8.57. The van der Waals surface area contributed by atoms with E-state index in [1.54, 1.807) is 6.08 Å². The number of esters is 1. The van der Waals surface area contributed by atoms with E-state index in [2.05, 4.69) is 33.9 Å². The molecule has 0 aromatic rings. The highest BCUT2D eigenvalue weighted by Crippen LogP contribution is 2.37. The number of ether oxygens (including phenoxy) is 1. The minimum Gasteiger partial charge on any atom is -0.452 e. The van der Waals surface area contributed by atoms with Crippen molar-refractivity contribution >= 4 is 14.3 Å². The van der Waals surface area contributed by atoms with E-state index in [-0.39, 0.29) is 17.1 Å². The van der Waals surface area contributed by atoms with E-state index in [9.17, 15) is 4.79 Å². The Bertz CT molecular complexity index is 313. The molecular weight excluding hydrogens is 220 g/mol. The first-order chi connectivity index (χ1) is 7.13. The average Bonchev–Trinajstić information content (AvgIpc) is 2.39. The summed E-state index contributed by atoms with van der Waals surface area (Å²) in [7, 11) is -1.74. The van der Waals surface area contributed by atoms with Gasteiger partial charge in [0.2, 0.25) is 0 Å². The molecular formula is C12H22O3Si. The van der Waals surface area contributed by atoms with Gasteiger partial charge in [0.15, 0.2) is 8.32 Å². The Morgan fingerprint density at radius 1 is 1.44 bits per heavy atom. The Morgan fingerprint density at radius 2 is 2.00 bits per heavy atom. The van der Waals surface area contributed by atoms with Crippen molar-refractivity contribution in [3.05, 3.63) is 11.6 Å². The van der Waals surface area contributed by atoms with Crippen LogP contribution in [-0.4, -0.2) is 27.0 Å². The van der Waals surface area contributed by atoms with Crippen LogP contribution in [0.25, 0.3) is 0 Å². The molecule has 0 fully saturated rings. The predicted octanol–water partition coefficient (Wildman–Crippen LogP) is 2.88. The van der Waals surface area contributed by atoms with E-state index in [0.29, 0.717) is 6.61 Å². The van der Waals surface area contributed by atoms with Crippen molar-refractivity contribution in [2.24, 2.45) is 0 Å². The zero-order valence-corrected chi connectivity index (χ0v) is 12.1. The summed E-state index contributed by atoms with van der Waals surface area (Å²) in [5.41, 5.74) is 0.962. The lowest BCUT2D eigenvalue weighted by Gasteiger charge is -2.36. The van der Waals surface area contributed by atoms with Gasteiger partial charge in [0.25, 0.3) is 0 Å². The second-order valence-corrected chi connectivity index (χ2v) is 10.7. The van der Waals surface area contributed by atoms with Crippen LogP contribution in [0, 0.1) is 0 Å². The van der Waals surface area contributed by atoms with Crippen molar-refractivity contribution in [3.63, 3.8) is 0 Å². The molecule has 1 atom stereocenters. The highest BCUT2D eigenvalue weighted by molar-refractivity contribution is 6.74. The Hall–Kier alpha value is -0.613. The van der Waals surface area contributed by atoms with Gasteiger partial charge in [-0.25, -0.2) is 4.79 Å². The number of carbonyl (C=O) groups is 1. The third-order valence-corrected chi connectivity index (χ3v) is 8.01. The van der Waals surface area contributed by atoms with Gasteiger partial charge in [-0.1, -0.05) is 20.8 Å². The van der Waals surface area contributed by atoms with Crippen LogP contribution in [0.15, 0.2) is 11.6 Å². The molecule has 1 heterocycles. The lowest BCUT2D eigenvalue weighted by atomic mass is 10.2. The summed E-state index contributed by atoms with van der Waals surface area (Å²) < 4.78 is 11.2. The Kier molecular flexibility index (Phi) is 3.64. The SMILES string of the molecule is CC1=CC(=O)OC1CO[Si](C)(C)C(C)(C)C. The molecule has 0 amide bonds. The van der Waals surface area contributed by atoms with Crippen molar-refractivity contribution < 1.29 is 14.0 Å². The van der Waals surface area contributed by atoms with Gasteiger partial charge in [0.05, 0.1) is 6.61 Å². The van der Waals surface area contributed by atoms with Crippen LogP contribution in [0.1, 0.15) is 27.7 Å². The number of carbonyl (C=O) groups excluding carboxylic acids is 1. The summed E-state index contributed by atoms with van der Waals surface area (Å²) in [5.74, 6) is -0.249. The second kappa shape index (κ2) is 4.34. The zero-order valence-electron chi connectivity index (χ0n) is 11.1. The standard InChI is InChI=1S/C12H22O3Si/c1-9-7-11(13)15-10(9)8-14-16(5,6)12(2,3)4/h7,10H,8H2,1-6H3. The number of rotatable bonds is 3. The summed E-state index contributed by atoms with van der Waals surface area (Å²) in [6, 6.07) is 0. The van der Waals surface area contributed by atoms with Gasteiger partial charge >= 0.3 is 5.97 Å². The topological polar surface area (TPSA) is 35.5 Å².